The molecule has 2 aromatic heterocycles. The van der Waals surface area contributed by atoms with Crippen LogP contribution in [0.3, 0.4) is 0 Å². The van der Waals surface area contributed by atoms with E-state index in [1.165, 1.54) is 12.1 Å². The Morgan fingerprint density at radius 3 is 2.76 bits per heavy atom. The van der Waals surface area contributed by atoms with Crippen LogP contribution in [0.4, 0.5) is 4.39 Å². The quantitative estimate of drug-likeness (QED) is 0.536. The van der Waals surface area contributed by atoms with Gasteiger partial charge in [0.1, 0.15) is 11.5 Å². The van der Waals surface area contributed by atoms with Crippen LogP contribution in [0.2, 0.25) is 0 Å². The maximum absolute atomic E-state index is 12.9. The summed E-state index contributed by atoms with van der Waals surface area (Å²) in [6, 6.07) is 12.4. The van der Waals surface area contributed by atoms with Crippen LogP contribution in [-0.2, 0) is 13.0 Å². The van der Waals surface area contributed by atoms with Crippen LogP contribution in [-0.4, -0.2) is 28.4 Å². The average molecular weight is 339 g/mol. The van der Waals surface area contributed by atoms with Crippen molar-refractivity contribution in [2.45, 2.75) is 19.9 Å². The predicted molar refractivity (Wildman–Crippen MR) is 98.1 cm³/mol. The fourth-order valence-corrected chi connectivity index (χ4v) is 2.52. The van der Waals surface area contributed by atoms with Gasteiger partial charge in [0.05, 0.1) is 12.2 Å². The van der Waals surface area contributed by atoms with Crippen molar-refractivity contribution in [1.82, 2.24) is 20.0 Å². The summed E-state index contributed by atoms with van der Waals surface area (Å²) in [5, 5.41) is 6.53. The van der Waals surface area contributed by atoms with Crippen molar-refractivity contribution in [3.8, 4) is 0 Å². The predicted octanol–water partition coefficient (Wildman–Crippen LogP) is 2.77. The number of aliphatic imine (C=N–C) groups is 1. The van der Waals surface area contributed by atoms with E-state index in [9.17, 15) is 4.39 Å². The zero-order valence-electron chi connectivity index (χ0n) is 14.2. The Kier molecular flexibility index (Phi) is 5.61. The zero-order chi connectivity index (χ0) is 17.5. The summed E-state index contributed by atoms with van der Waals surface area (Å²) >= 11 is 0. The van der Waals surface area contributed by atoms with Crippen LogP contribution in [0.5, 0.6) is 0 Å². The van der Waals surface area contributed by atoms with E-state index >= 15 is 0 Å². The number of imidazole rings is 1. The molecule has 1 aromatic carbocycles. The third-order valence-corrected chi connectivity index (χ3v) is 3.76. The number of aromatic nitrogens is 2. The fourth-order valence-electron chi connectivity index (χ4n) is 2.52. The fraction of sp³-hybridized carbons (Fsp3) is 0.263. The normalized spacial score (nSPS) is 11.7. The van der Waals surface area contributed by atoms with E-state index in [1.807, 2.05) is 41.9 Å². The Balaban J connectivity index is 1.55. The minimum atomic E-state index is -0.231. The topological polar surface area (TPSA) is 53.7 Å². The molecule has 0 atom stereocenters. The Morgan fingerprint density at radius 2 is 2.00 bits per heavy atom. The van der Waals surface area contributed by atoms with E-state index < -0.39 is 0 Å². The molecule has 25 heavy (non-hydrogen) atoms. The molecular weight excluding hydrogens is 317 g/mol. The number of nitrogens with one attached hydrogen (secondary N) is 2. The van der Waals surface area contributed by atoms with Gasteiger partial charge in [-0.15, -0.1) is 0 Å². The van der Waals surface area contributed by atoms with Gasteiger partial charge in [0.15, 0.2) is 5.96 Å². The van der Waals surface area contributed by atoms with Crippen LogP contribution in [0.15, 0.2) is 59.9 Å². The number of hydrogen-bond acceptors (Lipinski definition) is 2. The second-order valence-electron chi connectivity index (χ2n) is 5.70. The van der Waals surface area contributed by atoms with Gasteiger partial charge in [0.25, 0.3) is 0 Å². The molecule has 3 aromatic rings. The van der Waals surface area contributed by atoms with Gasteiger partial charge in [-0.1, -0.05) is 18.2 Å². The summed E-state index contributed by atoms with van der Waals surface area (Å²) in [7, 11) is 0. The highest BCUT2D eigenvalue weighted by atomic mass is 19.1. The molecule has 2 heterocycles. The minimum Gasteiger partial charge on any atom is -0.357 e. The van der Waals surface area contributed by atoms with Crippen molar-refractivity contribution >= 4 is 11.6 Å². The van der Waals surface area contributed by atoms with Crippen molar-refractivity contribution in [3.63, 3.8) is 0 Å². The monoisotopic (exact) mass is 339 g/mol. The summed E-state index contributed by atoms with van der Waals surface area (Å²) in [5.41, 5.74) is 2.96. The maximum Gasteiger partial charge on any atom is 0.191 e. The van der Waals surface area contributed by atoms with E-state index in [-0.39, 0.29) is 5.82 Å². The smallest absolute Gasteiger partial charge is 0.191 e. The number of halogens is 1. The highest BCUT2D eigenvalue weighted by Gasteiger charge is 2.02. The molecule has 0 aliphatic heterocycles. The highest BCUT2D eigenvalue weighted by molar-refractivity contribution is 5.79. The molecular formula is C19H22FN5. The van der Waals surface area contributed by atoms with Crippen molar-refractivity contribution in [3.05, 3.63) is 71.9 Å². The van der Waals surface area contributed by atoms with Crippen LogP contribution >= 0.6 is 0 Å². The van der Waals surface area contributed by atoms with E-state index in [0.29, 0.717) is 6.54 Å². The molecule has 3 rings (SSSR count). The number of fused-ring (bicyclic) bond motifs is 1. The Labute approximate surface area is 146 Å². The molecule has 0 radical (unpaired) electrons. The summed E-state index contributed by atoms with van der Waals surface area (Å²) in [6.45, 7) is 4.05. The first-order chi connectivity index (χ1) is 12.2. The van der Waals surface area contributed by atoms with Gasteiger partial charge >= 0.3 is 0 Å². The molecule has 2 N–H and O–H groups in total. The zero-order valence-corrected chi connectivity index (χ0v) is 14.2. The second-order valence-corrected chi connectivity index (χ2v) is 5.70. The average Bonchev–Trinajstić information content (AvgIpc) is 3.04. The molecule has 0 saturated heterocycles. The van der Waals surface area contributed by atoms with Crippen LogP contribution in [0.25, 0.3) is 5.65 Å². The molecule has 0 unspecified atom stereocenters. The number of nitrogens with zero attached hydrogens (tertiary/aromatic N) is 3. The Hall–Kier alpha value is -2.89. The van der Waals surface area contributed by atoms with Gasteiger partial charge in [-0.2, -0.15) is 0 Å². The van der Waals surface area contributed by atoms with Crippen molar-refractivity contribution in [1.29, 1.82) is 0 Å². The van der Waals surface area contributed by atoms with E-state index in [4.69, 9.17) is 0 Å². The van der Waals surface area contributed by atoms with Crippen LogP contribution < -0.4 is 10.6 Å². The van der Waals surface area contributed by atoms with Gasteiger partial charge in [-0.3, -0.25) is 0 Å². The van der Waals surface area contributed by atoms with Crippen molar-refractivity contribution in [2.24, 2.45) is 4.99 Å². The maximum atomic E-state index is 12.9. The van der Waals surface area contributed by atoms with E-state index in [2.05, 4.69) is 20.6 Å². The molecule has 0 bridgehead atoms. The molecule has 0 aliphatic rings. The third-order valence-electron chi connectivity index (χ3n) is 3.76. The van der Waals surface area contributed by atoms with E-state index in [0.717, 1.165) is 42.4 Å². The lowest BCUT2D eigenvalue weighted by Crippen LogP contribution is -2.38. The standard InChI is InChI=1S/C19H22FN5/c1-2-21-19(23-13-15-6-8-16(20)9-7-15)22-11-10-17-14-25-12-4-3-5-18(25)24-17/h3-9,12,14H,2,10-11,13H2,1H3,(H2,21,22,23). The second kappa shape index (κ2) is 8.28. The molecule has 0 amide bonds. The number of hydrogen-bond donors (Lipinski definition) is 2. The molecule has 5 nitrogen and oxygen atoms in total. The molecule has 0 spiro atoms. The number of guanidine groups is 1. The first-order valence-corrected chi connectivity index (χ1v) is 8.44. The lowest BCUT2D eigenvalue weighted by molar-refractivity contribution is 0.627. The molecule has 130 valence electrons. The molecule has 6 heteroatoms. The Morgan fingerprint density at radius 1 is 1.16 bits per heavy atom. The summed E-state index contributed by atoms with van der Waals surface area (Å²) in [6.07, 6.45) is 4.84. The van der Waals surface area contributed by atoms with Crippen LogP contribution in [0.1, 0.15) is 18.2 Å². The van der Waals surface area contributed by atoms with Crippen molar-refractivity contribution in [2.75, 3.05) is 13.1 Å². The van der Waals surface area contributed by atoms with Gasteiger partial charge < -0.3 is 15.0 Å². The Bertz CT molecular complexity index is 805. The number of rotatable bonds is 6. The molecule has 0 fully saturated rings. The highest BCUT2D eigenvalue weighted by Crippen LogP contribution is 2.05. The largest absolute Gasteiger partial charge is 0.357 e. The first-order valence-electron chi connectivity index (χ1n) is 8.44. The van der Waals surface area contributed by atoms with E-state index in [1.54, 1.807) is 12.1 Å². The number of pyridine rings is 1. The molecule has 0 saturated carbocycles. The van der Waals surface area contributed by atoms with Crippen molar-refractivity contribution < 1.29 is 4.39 Å². The lowest BCUT2D eigenvalue weighted by atomic mass is 10.2. The van der Waals surface area contributed by atoms with Gasteiger partial charge in [-0.05, 0) is 36.8 Å². The third kappa shape index (κ3) is 4.79. The number of benzene rings is 1. The van der Waals surface area contributed by atoms with Gasteiger partial charge in [-0.25, -0.2) is 14.4 Å². The minimum absolute atomic E-state index is 0.231. The lowest BCUT2D eigenvalue weighted by Gasteiger charge is -2.10. The van der Waals surface area contributed by atoms with Crippen LogP contribution in [0, 0.1) is 5.82 Å². The first kappa shape index (κ1) is 17.0. The summed E-state index contributed by atoms with van der Waals surface area (Å²) in [5.74, 6) is 0.515. The molecule has 0 aliphatic carbocycles. The SMILES string of the molecule is CCNC(=NCc1ccc(F)cc1)NCCc1cn2ccccc2n1. The summed E-state index contributed by atoms with van der Waals surface area (Å²) in [4.78, 5) is 9.12. The van der Waals surface area contributed by atoms with Gasteiger partial charge in [0, 0.05) is 31.9 Å². The van der Waals surface area contributed by atoms with Gasteiger partial charge in [0.2, 0.25) is 0 Å². The summed E-state index contributed by atoms with van der Waals surface area (Å²) < 4.78 is 15.0.